The van der Waals surface area contributed by atoms with Gasteiger partial charge in [-0.1, -0.05) is 61.8 Å². The molecule has 202 valence electrons. The fraction of sp³-hybridized carbons (Fsp3) is 0.594. The van der Waals surface area contributed by atoms with E-state index in [0.717, 1.165) is 57.2 Å². The zero-order valence-electron chi connectivity index (χ0n) is 24.0. The quantitative estimate of drug-likeness (QED) is 0.167. The number of carbonyl (C=O) groups excluding carboxylic acids is 1. The number of hydrogen-bond acceptors (Lipinski definition) is 4. The highest BCUT2D eigenvalue weighted by atomic mass is 16.6. The zero-order valence-corrected chi connectivity index (χ0v) is 24.0. The van der Waals surface area contributed by atoms with Gasteiger partial charge >= 0.3 is 5.97 Å². The van der Waals surface area contributed by atoms with E-state index in [4.69, 9.17) is 4.74 Å². The van der Waals surface area contributed by atoms with Gasteiger partial charge in [0, 0.05) is 12.2 Å². The van der Waals surface area contributed by atoms with Crippen molar-refractivity contribution in [3.63, 3.8) is 0 Å². The maximum absolute atomic E-state index is 13.1. The van der Waals surface area contributed by atoms with Gasteiger partial charge in [0.2, 0.25) is 0 Å². The minimum atomic E-state index is -0.726. The van der Waals surface area contributed by atoms with Crippen LogP contribution in [0.5, 0.6) is 0 Å². The molecular formula is C32H51NO3. The Kier molecular flexibility index (Phi) is 13.8. The van der Waals surface area contributed by atoms with Crippen molar-refractivity contribution in [3.8, 4) is 0 Å². The maximum atomic E-state index is 13.1. The summed E-state index contributed by atoms with van der Waals surface area (Å²) in [5.74, 6) is 0.213. The summed E-state index contributed by atoms with van der Waals surface area (Å²) in [7, 11) is 0. The highest BCUT2D eigenvalue weighted by Crippen LogP contribution is 2.25. The Bertz CT molecular complexity index is 874. The molecule has 0 saturated heterocycles. The van der Waals surface area contributed by atoms with Gasteiger partial charge in [-0.15, -0.1) is 0 Å². The molecule has 0 radical (unpaired) electrons. The molecule has 1 rings (SSSR count). The van der Waals surface area contributed by atoms with Gasteiger partial charge in [0.1, 0.15) is 5.60 Å². The number of nitrogens with one attached hydrogen (secondary N) is 1. The number of aliphatic hydroxyl groups is 1. The number of carbonyl (C=O) groups is 1. The van der Waals surface area contributed by atoms with E-state index in [1.54, 1.807) is 6.08 Å². The molecule has 0 fully saturated rings. The van der Waals surface area contributed by atoms with E-state index in [-0.39, 0.29) is 5.97 Å². The fourth-order valence-corrected chi connectivity index (χ4v) is 4.05. The molecule has 2 N–H and O–H groups in total. The lowest BCUT2D eigenvalue weighted by Gasteiger charge is -2.26. The number of hydrogen-bond donors (Lipinski definition) is 2. The smallest absolute Gasteiger partial charge is 0.341 e. The summed E-state index contributed by atoms with van der Waals surface area (Å²) in [6, 6.07) is 7.54. The number of benzene rings is 1. The monoisotopic (exact) mass is 497 g/mol. The van der Waals surface area contributed by atoms with Crippen LogP contribution in [0.1, 0.15) is 110 Å². The van der Waals surface area contributed by atoms with Crippen molar-refractivity contribution < 1.29 is 14.6 Å². The van der Waals surface area contributed by atoms with Crippen LogP contribution in [-0.2, 0) is 4.74 Å². The molecule has 36 heavy (non-hydrogen) atoms. The molecule has 2 atom stereocenters. The molecule has 0 bridgehead atoms. The van der Waals surface area contributed by atoms with Crippen LogP contribution in [0.2, 0.25) is 0 Å². The van der Waals surface area contributed by atoms with E-state index < -0.39 is 11.2 Å². The zero-order chi connectivity index (χ0) is 27.2. The number of anilines is 1. The standard InChI is InChI=1S/C32H51NO3/c1-9-32(8,23-14-18-26(4)16-12-15-25(2)3)36-30(34)28-19-10-11-20-29(28)33-24-21-27(5)17-13-22-31(6,7)35/h9-11,15,18-20,27,33,35H,1,12-14,16-17,21-24H2,2-8H3/b26-18+/t27-,32?/m1/s1. The van der Waals surface area contributed by atoms with E-state index in [1.165, 1.54) is 11.1 Å². The van der Waals surface area contributed by atoms with E-state index in [1.807, 2.05) is 45.0 Å². The molecule has 1 unspecified atom stereocenters. The van der Waals surface area contributed by atoms with Gasteiger partial charge in [-0.05, 0) is 104 Å². The van der Waals surface area contributed by atoms with Crippen LogP contribution in [0.4, 0.5) is 5.69 Å². The molecule has 0 heterocycles. The number of allylic oxidation sites excluding steroid dienone is 4. The second-order valence-corrected chi connectivity index (χ2v) is 11.4. The molecule has 0 spiro atoms. The summed E-state index contributed by atoms with van der Waals surface area (Å²) in [6.07, 6.45) is 13.8. The van der Waals surface area contributed by atoms with E-state index in [9.17, 15) is 9.90 Å². The van der Waals surface area contributed by atoms with Crippen molar-refractivity contribution in [1.29, 1.82) is 0 Å². The summed E-state index contributed by atoms with van der Waals surface area (Å²) >= 11 is 0. The summed E-state index contributed by atoms with van der Waals surface area (Å²) in [6.45, 7) is 19.0. The van der Waals surface area contributed by atoms with Gasteiger partial charge in [-0.25, -0.2) is 4.79 Å². The van der Waals surface area contributed by atoms with Gasteiger partial charge in [0.15, 0.2) is 0 Å². The fourth-order valence-electron chi connectivity index (χ4n) is 4.05. The van der Waals surface area contributed by atoms with E-state index in [2.05, 4.69) is 51.7 Å². The third kappa shape index (κ3) is 13.7. The lowest BCUT2D eigenvalue weighted by molar-refractivity contribution is 0.00845. The second kappa shape index (κ2) is 15.7. The van der Waals surface area contributed by atoms with Gasteiger partial charge in [-0.3, -0.25) is 0 Å². The Labute approximate surface area is 220 Å². The van der Waals surface area contributed by atoms with Crippen LogP contribution in [0.3, 0.4) is 0 Å². The predicted octanol–water partition coefficient (Wildman–Crippen LogP) is 8.64. The van der Waals surface area contributed by atoms with Crippen LogP contribution in [0, 0.1) is 5.92 Å². The molecule has 1 aromatic carbocycles. The first-order valence-electron chi connectivity index (χ1n) is 13.6. The summed E-state index contributed by atoms with van der Waals surface area (Å²) < 4.78 is 5.96. The van der Waals surface area contributed by atoms with Crippen LogP contribution in [-0.4, -0.2) is 28.8 Å². The minimum absolute atomic E-state index is 0.331. The molecule has 0 aliphatic rings. The SMILES string of the molecule is C=CC(C)(CC/C=C(\C)CCC=C(C)C)OC(=O)c1ccccc1NCC[C@H](C)CCCC(C)(C)O. The summed E-state index contributed by atoms with van der Waals surface area (Å²) in [4.78, 5) is 13.1. The maximum Gasteiger partial charge on any atom is 0.341 e. The van der Waals surface area contributed by atoms with Crippen molar-refractivity contribution in [2.75, 3.05) is 11.9 Å². The van der Waals surface area contributed by atoms with Crippen molar-refractivity contribution in [2.45, 2.75) is 111 Å². The van der Waals surface area contributed by atoms with Crippen molar-refractivity contribution in [1.82, 2.24) is 0 Å². The first-order valence-corrected chi connectivity index (χ1v) is 13.6. The van der Waals surface area contributed by atoms with Gasteiger partial charge in [0.25, 0.3) is 0 Å². The second-order valence-electron chi connectivity index (χ2n) is 11.4. The third-order valence-electron chi connectivity index (χ3n) is 6.57. The third-order valence-corrected chi connectivity index (χ3v) is 6.57. The van der Waals surface area contributed by atoms with E-state index in [0.29, 0.717) is 17.9 Å². The lowest BCUT2D eigenvalue weighted by atomic mass is 9.95. The van der Waals surface area contributed by atoms with Gasteiger partial charge in [0.05, 0.1) is 11.2 Å². The predicted molar refractivity (Wildman–Crippen MR) is 155 cm³/mol. The van der Waals surface area contributed by atoms with Crippen LogP contribution in [0.15, 0.2) is 60.2 Å². The first kappa shape index (κ1) is 31.7. The van der Waals surface area contributed by atoms with Crippen LogP contribution in [0.25, 0.3) is 0 Å². The Hall–Kier alpha value is -2.33. The highest BCUT2D eigenvalue weighted by Gasteiger charge is 2.26. The lowest BCUT2D eigenvalue weighted by Crippen LogP contribution is -2.29. The molecule has 4 heteroatoms. The normalized spacial score (nSPS) is 14.5. The van der Waals surface area contributed by atoms with Gasteiger partial charge in [-0.2, -0.15) is 0 Å². The minimum Gasteiger partial charge on any atom is -0.451 e. The topological polar surface area (TPSA) is 58.6 Å². The van der Waals surface area contributed by atoms with Crippen molar-refractivity contribution in [2.24, 2.45) is 5.92 Å². The molecule has 0 aliphatic carbocycles. The van der Waals surface area contributed by atoms with Crippen molar-refractivity contribution >= 4 is 11.7 Å². The molecule has 0 amide bonds. The number of esters is 1. The molecule has 1 aromatic rings. The average Bonchev–Trinajstić information content (AvgIpc) is 2.78. The number of ether oxygens (including phenoxy) is 1. The van der Waals surface area contributed by atoms with Gasteiger partial charge < -0.3 is 15.2 Å². The molecule has 0 aromatic heterocycles. The van der Waals surface area contributed by atoms with Crippen molar-refractivity contribution in [3.05, 3.63) is 65.8 Å². The molecular weight excluding hydrogens is 446 g/mol. The largest absolute Gasteiger partial charge is 0.451 e. The Morgan fingerprint density at radius 3 is 2.42 bits per heavy atom. The summed E-state index contributed by atoms with van der Waals surface area (Å²) in [5, 5.41) is 13.3. The molecule has 0 saturated carbocycles. The van der Waals surface area contributed by atoms with E-state index >= 15 is 0 Å². The molecule has 0 aliphatic heterocycles. The number of rotatable bonds is 17. The first-order chi connectivity index (χ1) is 16.8. The van der Waals surface area contributed by atoms with Crippen LogP contribution < -0.4 is 5.32 Å². The molecule has 4 nitrogen and oxygen atoms in total. The Morgan fingerprint density at radius 2 is 1.78 bits per heavy atom. The number of para-hydroxylation sites is 1. The Morgan fingerprint density at radius 1 is 1.08 bits per heavy atom. The summed E-state index contributed by atoms with van der Waals surface area (Å²) in [5.41, 5.74) is 2.73. The Balaban J connectivity index is 2.64. The average molecular weight is 498 g/mol. The highest BCUT2D eigenvalue weighted by molar-refractivity contribution is 5.96. The van der Waals surface area contributed by atoms with Crippen LogP contribution >= 0.6 is 0 Å².